The zero-order chi connectivity index (χ0) is 20.9. The Kier molecular flexibility index (Phi) is 6.08. The average Bonchev–Trinajstić information content (AvgIpc) is 3.08. The summed E-state index contributed by atoms with van der Waals surface area (Å²) in [6.45, 7) is 6.08. The van der Waals surface area contributed by atoms with Crippen LogP contribution in [0.4, 0.5) is 19.0 Å². The molecule has 10 heteroatoms. The van der Waals surface area contributed by atoms with E-state index in [-0.39, 0.29) is 22.8 Å². The first kappa shape index (κ1) is 21.0. The van der Waals surface area contributed by atoms with Crippen molar-refractivity contribution < 1.29 is 18.0 Å². The van der Waals surface area contributed by atoms with Gasteiger partial charge in [-0.3, -0.25) is 20.2 Å². The topological polar surface area (TPSA) is 106 Å². The number of guanidine groups is 1. The summed E-state index contributed by atoms with van der Waals surface area (Å²) in [7, 11) is 0. The van der Waals surface area contributed by atoms with Crippen molar-refractivity contribution in [3.05, 3.63) is 47.2 Å². The number of carbonyl (C=O) groups excluding carboxylic acids is 1. The number of nitrogens with one attached hydrogen (secondary N) is 3. The molecule has 0 saturated heterocycles. The van der Waals surface area contributed by atoms with Crippen LogP contribution in [0.3, 0.4) is 0 Å². The van der Waals surface area contributed by atoms with E-state index in [1.54, 1.807) is 0 Å². The maximum Gasteiger partial charge on any atom is 0.432 e. The standard InChI is InChI=1S/C18H19F3N6O/c1-17(2,3)10-23-16(24-14-8-13(26-27-14)18(19,20)21)25-15(28)12-6-4-11(9-22)5-7-12/h4-8H,10H2,1-3H3,(H3,23,24,25,26,27,28). The number of H-pyrrole nitrogens is 1. The summed E-state index contributed by atoms with van der Waals surface area (Å²) in [5.41, 5.74) is -0.576. The van der Waals surface area contributed by atoms with Gasteiger partial charge in [0.15, 0.2) is 5.82 Å². The van der Waals surface area contributed by atoms with Crippen molar-refractivity contribution in [2.75, 3.05) is 11.9 Å². The molecule has 1 aromatic carbocycles. The number of hydrogen-bond donors (Lipinski definition) is 3. The molecule has 0 bridgehead atoms. The van der Waals surface area contributed by atoms with Crippen LogP contribution in [0.5, 0.6) is 0 Å². The van der Waals surface area contributed by atoms with Gasteiger partial charge in [-0.2, -0.15) is 23.5 Å². The molecule has 0 spiro atoms. The molecule has 0 saturated carbocycles. The van der Waals surface area contributed by atoms with E-state index < -0.39 is 17.8 Å². The van der Waals surface area contributed by atoms with Crippen LogP contribution < -0.4 is 10.6 Å². The van der Waals surface area contributed by atoms with Crippen molar-refractivity contribution in [3.8, 4) is 6.07 Å². The van der Waals surface area contributed by atoms with Crippen molar-refractivity contribution in [3.63, 3.8) is 0 Å². The van der Waals surface area contributed by atoms with E-state index in [4.69, 9.17) is 5.26 Å². The molecule has 7 nitrogen and oxygen atoms in total. The number of alkyl halides is 3. The van der Waals surface area contributed by atoms with Gasteiger partial charge in [0.25, 0.3) is 5.91 Å². The SMILES string of the molecule is CC(C)(C)CN=C(NC(=O)c1ccc(C#N)cc1)Nc1cc(C(F)(F)F)[nH]n1. The number of carbonyl (C=O) groups is 1. The van der Waals surface area contributed by atoms with Crippen LogP contribution in [-0.2, 0) is 6.18 Å². The molecular formula is C18H19F3N6O. The number of rotatable bonds is 3. The summed E-state index contributed by atoms with van der Waals surface area (Å²) in [5.74, 6) is -0.708. The highest BCUT2D eigenvalue weighted by atomic mass is 19.4. The maximum absolute atomic E-state index is 12.7. The average molecular weight is 392 g/mol. The van der Waals surface area contributed by atoms with Gasteiger partial charge < -0.3 is 5.32 Å². The molecule has 0 aliphatic rings. The lowest BCUT2D eigenvalue weighted by atomic mass is 9.97. The maximum atomic E-state index is 12.7. The minimum atomic E-state index is -4.57. The van der Waals surface area contributed by atoms with Gasteiger partial charge in [0.05, 0.1) is 11.6 Å². The Bertz CT molecular complexity index is 901. The molecule has 0 aliphatic carbocycles. The molecule has 1 heterocycles. The summed E-state index contributed by atoms with van der Waals surface area (Å²) in [4.78, 5) is 16.7. The van der Waals surface area contributed by atoms with Crippen molar-refractivity contribution in [2.45, 2.75) is 26.9 Å². The summed E-state index contributed by atoms with van der Waals surface area (Å²) < 4.78 is 38.1. The lowest BCUT2D eigenvalue weighted by molar-refractivity contribution is -0.141. The second kappa shape index (κ2) is 8.12. The lowest BCUT2D eigenvalue weighted by Gasteiger charge is -2.16. The third kappa shape index (κ3) is 6.12. The summed E-state index contributed by atoms with van der Waals surface area (Å²) in [6, 6.07) is 8.62. The first-order valence-electron chi connectivity index (χ1n) is 8.23. The van der Waals surface area contributed by atoms with Crippen LogP contribution >= 0.6 is 0 Å². The molecule has 3 N–H and O–H groups in total. The Morgan fingerprint density at radius 1 is 1.25 bits per heavy atom. The van der Waals surface area contributed by atoms with E-state index in [0.717, 1.165) is 6.07 Å². The molecule has 0 unspecified atom stereocenters. The number of amides is 1. The molecule has 28 heavy (non-hydrogen) atoms. The highest BCUT2D eigenvalue weighted by Gasteiger charge is 2.33. The fourth-order valence-electron chi connectivity index (χ4n) is 1.95. The minimum absolute atomic E-state index is 0.0375. The van der Waals surface area contributed by atoms with Crippen molar-refractivity contribution >= 4 is 17.7 Å². The number of aliphatic imine (C=N–C) groups is 1. The lowest BCUT2D eigenvalue weighted by Crippen LogP contribution is -2.37. The molecule has 148 valence electrons. The van der Waals surface area contributed by atoms with E-state index in [2.05, 4.69) is 20.7 Å². The zero-order valence-electron chi connectivity index (χ0n) is 15.5. The van der Waals surface area contributed by atoms with Gasteiger partial charge in [-0.1, -0.05) is 20.8 Å². The van der Waals surface area contributed by atoms with Gasteiger partial charge in [0.2, 0.25) is 5.96 Å². The Morgan fingerprint density at radius 2 is 1.89 bits per heavy atom. The van der Waals surface area contributed by atoms with Crippen LogP contribution in [0.25, 0.3) is 0 Å². The van der Waals surface area contributed by atoms with Crippen molar-refractivity contribution in [1.82, 2.24) is 15.5 Å². The number of hydrogen-bond acceptors (Lipinski definition) is 4. The first-order valence-corrected chi connectivity index (χ1v) is 8.23. The van der Waals surface area contributed by atoms with Crippen LogP contribution in [0.1, 0.15) is 42.4 Å². The molecule has 1 aromatic heterocycles. The van der Waals surface area contributed by atoms with Crippen LogP contribution in [0.2, 0.25) is 0 Å². The van der Waals surface area contributed by atoms with E-state index in [1.807, 2.05) is 31.9 Å². The molecule has 1 amide bonds. The van der Waals surface area contributed by atoms with E-state index in [0.29, 0.717) is 12.1 Å². The Morgan fingerprint density at radius 3 is 2.39 bits per heavy atom. The van der Waals surface area contributed by atoms with E-state index in [1.165, 1.54) is 24.3 Å². The summed E-state index contributed by atoms with van der Waals surface area (Å²) in [6.07, 6.45) is -4.57. The third-order valence-electron chi connectivity index (χ3n) is 3.35. The fourth-order valence-corrected chi connectivity index (χ4v) is 1.95. The minimum Gasteiger partial charge on any atom is -0.309 e. The zero-order valence-corrected chi connectivity index (χ0v) is 15.5. The number of nitriles is 1. The normalized spacial score (nSPS) is 12.4. The van der Waals surface area contributed by atoms with E-state index in [9.17, 15) is 18.0 Å². The van der Waals surface area contributed by atoms with Crippen LogP contribution in [0.15, 0.2) is 35.3 Å². The number of aromatic amines is 1. The molecule has 0 atom stereocenters. The molecule has 2 aromatic rings. The molecule has 0 fully saturated rings. The highest BCUT2D eigenvalue weighted by Crippen LogP contribution is 2.28. The van der Waals surface area contributed by atoms with Gasteiger partial charge in [-0.15, -0.1) is 0 Å². The van der Waals surface area contributed by atoms with Gasteiger partial charge in [-0.25, -0.2) is 0 Å². The molecular weight excluding hydrogens is 373 g/mol. The molecule has 0 radical (unpaired) electrons. The number of anilines is 1. The quantitative estimate of drug-likeness (QED) is 0.549. The second-order valence-corrected chi connectivity index (χ2v) is 7.16. The van der Waals surface area contributed by atoms with Crippen molar-refractivity contribution in [2.24, 2.45) is 10.4 Å². The number of halogens is 3. The predicted molar refractivity (Wildman–Crippen MR) is 97.6 cm³/mol. The molecule has 2 rings (SSSR count). The van der Waals surface area contributed by atoms with Gasteiger partial charge in [0.1, 0.15) is 5.69 Å². The number of aromatic nitrogens is 2. The summed E-state index contributed by atoms with van der Waals surface area (Å²) >= 11 is 0. The van der Waals surface area contributed by atoms with Crippen molar-refractivity contribution in [1.29, 1.82) is 5.26 Å². The monoisotopic (exact) mass is 392 g/mol. The largest absolute Gasteiger partial charge is 0.432 e. The Balaban J connectivity index is 2.20. The van der Waals surface area contributed by atoms with Crippen LogP contribution in [-0.4, -0.2) is 28.6 Å². The smallest absolute Gasteiger partial charge is 0.309 e. The second-order valence-electron chi connectivity index (χ2n) is 7.16. The number of nitrogens with zero attached hydrogens (tertiary/aromatic N) is 3. The highest BCUT2D eigenvalue weighted by molar-refractivity contribution is 6.09. The number of benzene rings is 1. The van der Waals surface area contributed by atoms with Crippen LogP contribution in [0, 0.1) is 16.7 Å². The van der Waals surface area contributed by atoms with Gasteiger partial charge in [0, 0.05) is 18.2 Å². The van der Waals surface area contributed by atoms with E-state index >= 15 is 0 Å². The van der Waals surface area contributed by atoms with Gasteiger partial charge in [-0.05, 0) is 29.7 Å². The fraction of sp³-hybridized carbons (Fsp3) is 0.333. The van der Waals surface area contributed by atoms with Gasteiger partial charge >= 0.3 is 6.18 Å². The Labute approximate surface area is 159 Å². The third-order valence-corrected chi connectivity index (χ3v) is 3.35. The predicted octanol–water partition coefficient (Wildman–Crippen LogP) is 3.54. The summed E-state index contributed by atoms with van der Waals surface area (Å²) in [5, 5.41) is 19.4. The Hall–Kier alpha value is -3.35. The first-order chi connectivity index (χ1) is 13.0. The molecule has 0 aliphatic heterocycles.